The molecule has 0 fully saturated rings. The number of aliphatic imine (C=N–C) groups is 1. The third kappa shape index (κ3) is 6.48. The van der Waals surface area contributed by atoms with Crippen LogP contribution in [0, 0.1) is 0 Å². The standard InChI is InChI=1S/C18H32N4/c1-6-15(4)21-18(19-5)20-13-16-10-9-11-17(12-16)14-22(7-2)8-3/h9-12,15H,6-8,13-14H2,1-5H3,(H2,19,20,21). The van der Waals surface area contributed by atoms with Gasteiger partial charge in [0.1, 0.15) is 0 Å². The predicted molar refractivity (Wildman–Crippen MR) is 96.2 cm³/mol. The summed E-state index contributed by atoms with van der Waals surface area (Å²) in [6, 6.07) is 9.21. The maximum Gasteiger partial charge on any atom is 0.191 e. The second kappa shape index (κ2) is 10.2. The van der Waals surface area contributed by atoms with E-state index in [0.717, 1.165) is 38.6 Å². The van der Waals surface area contributed by atoms with Crippen molar-refractivity contribution in [3.63, 3.8) is 0 Å². The van der Waals surface area contributed by atoms with E-state index in [2.05, 4.69) is 72.5 Å². The summed E-state index contributed by atoms with van der Waals surface area (Å²) in [6.07, 6.45) is 1.08. The Morgan fingerprint density at radius 3 is 2.45 bits per heavy atom. The minimum Gasteiger partial charge on any atom is -0.354 e. The summed E-state index contributed by atoms with van der Waals surface area (Å²) in [5.74, 6) is 0.864. The fraction of sp³-hybridized carbons (Fsp3) is 0.611. The van der Waals surface area contributed by atoms with Crippen molar-refractivity contribution in [1.29, 1.82) is 0 Å². The van der Waals surface area contributed by atoms with Crippen LogP contribution in [0.1, 0.15) is 45.2 Å². The van der Waals surface area contributed by atoms with E-state index in [-0.39, 0.29) is 0 Å². The summed E-state index contributed by atoms with van der Waals surface area (Å²) in [5, 5.41) is 6.77. The van der Waals surface area contributed by atoms with E-state index in [0.29, 0.717) is 6.04 Å². The zero-order valence-corrected chi connectivity index (χ0v) is 14.8. The van der Waals surface area contributed by atoms with E-state index < -0.39 is 0 Å². The highest BCUT2D eigenvalue weighted by Crippen LogP contribution is 2.08. The van der Waals surface area contributed by atoms with Crippen LogP contribution in [0.2, 0.25) is 0 Å². The van der Waals surface area contributed by atoms with E-state index in [9.17, 15) is 0 Å². The molecule has 0 aliphatic rings. The van der Waals surface area contributed by atoms with Crippen LogP contribution in [-0.4, -0.2) is 37.0 Å². The van der Waals surface area contributed by atoms with E-state index in [1.54, 1.807) is 0 Å². The third-order valence-electron chi connectivity index (χ3n) is 3.97. The molecule has 2 N–H and O–H groups in total. The zero-order chi connectivity index (χ0) is 16.4. The monoisotopic (exact) mass is 304 g/mol. The summed E-state index contributed by atoms with van der Waals surface area (Å²) >= 11 is 0. The van der Waals surface area contributed by atoms with E-state index >= 15 is 0 Å². The Bertz CT molecular complexity index is 452. The molecule has 4 nitrogen and oxygen atoms in total. The molecule has 1 atom stereocenters. The van der Waals surface area contributed by atoms with E-state index in [4.69, 9.17) is 0 Å². The SMILES string of the molecule is CCC(C)NC(=NC)NCc1cccc(CN(CC)CC)c1. The lowest BCUT2D eigenvalue weighted by Crippen LogP contribution is -2.41. The Kier molecular flexibility index (Phi) is 8.60. The number of hydrogen-bond acceptors (Lipinski definition) is 2. The van der Waals surface area contributed by atoms with Crippen molar-refractivity contribution in [3.05, 3.63) is 35.4 Å². The molecule has 1 unspecified atom stereocenters. The van der Waals surface area contributed by atoms with Crippen molar-refractivity contribution in [2.45, 2.75) is 53.2 Å². The summed E-state index contributed by atoms with van der Waals surface area (Å²) in [6.45, 7) is 12.7. The molecule has 0 amide bonds. The quantitative estimate of drug-likeness (QED) is 0.573. The molecule has 1 aromatic rings. The van der Waals surface area contributed by atoms with Crippen LogP contribution in [0.5, 0.6) is 0 Å². The Morgan fingerprint density at radius 2 is 1.86 bits per heavy atom. The van der Waals surface area contributed by atoms with Gasteiger partial charge in [-0.2, -0.15) is 0 Å². The highest BCUT2D eigenvalue weighted by atomic mass is 15.2. The Morgan fingerprint density at radius 1 is 1.18 bits per heavy atom. The Balaban J connectivity index is 2.59. The number of nitrogens with one attached hydrogen (secondary N) is 2. The molecule has 4 heteroatoms. The molecule has 22 heavy (non-hydrogen) atoms. The molecule has 0 spiro atoms. The average molecular weight is 304 g/mol. The van der Waals surface area contributed by atoms with Gasteiger partial charge in [0.15, 0.2) is 5.96 Å². The van der Waals surface area contributed by atoms with Crippen LogP contribution in [0.25, 0.3) is 0 Å². The van der Waals surface area contributed by atoms with Gasteiger partial charge in [0.25, 0.3) is 0 Å². The summed E-state index contributed by atoms with van der Waals surface area (Å²) in [7, 11) is 1.81. The molecule has 0 radical (unpaired) electrons. The molecular formula is C18H32N4. The topological polar surface area (TPSA) is 39.7 Å². The van der Waals surface area contributed by atoms with Crippen LogP contribution >= 0.6 is 0 Å². The Hall–Kier alpha value is -1.55. The molecule has 0 bridgehead atoms. The first-order valence-electron chi connectivity index (χ1n) is 8.40. The third-order valence-corrected chi connectivity index (χ3v) is 3.97. The fourth-order valence-electron chi connectivity index (χ4n) is 2.26. The largest absolute Gasteiger partial charge is 0.354 e. The first-order valence-corrected chi connectivity index (χ1v) is 8.40. The number of benzene rings is 1. The summed E-state index contributed by atoms with van der Waals surface area (Å²) in [5.41, 5.74) is 2.66. The maximum atomic E-state index is 4.27. The first-order chi connectivity index (χ1) is 10.6. The lowest BCUT2D eigenvalue weighted by molar-refractivity contribution is 0.296. The smallest absolute Gasteiger partial charge is 0.191 e. The minimum atomic E-state index is 0.431. The number of nitrogens with zero attached hydrogens (tertiary/aromatic N) is 2. The fourth-order valence-corrected chi connectivity index (χ4v) is 2.26. The van der Waals surface area contributed by atoms with Crippen LogP contribution in [-0.2, 0) is 13.1 Å². The van der Waals surface area contributed by atoms with Crippen molar-refractivity contribution in [3.8, 4) is 0 Å². The lowest BCUT2D eigenvalue weighted by atomic mass is 10.1. The van der Waals surface area contributed by atoms with Gasteiger partial charge in [0.05, 0.1) is 0 Å². The van der Waals surface area contributed by atoms with Gasteiger partial charge in [0, 0.05) is 26.2 Å². The molecule has 0 aliphatic carbocycles. The molecule has 0 saturated carbocycles. The highest BCUT2D eigenvalue weighted by molar-refractivity contribution is 5.79. The van der Waals surface area contributed by atoms with Gasteiger partial charge in [-0.05, 0) is 37.6 Å². The van der Waals surface area contributed by atoms with Crippen molar-refractivity contribution < 1.29 is 0 Å². The normalized spacial score (nSPS) is 13.3. The van der Waals surface area contributed by atoms with Crippen LogP contribution in [0.4, 0.5) is 0 Å². The van der Waals surface area contributed by atoms with Crippen LogP contribution in [0.15, 0.2) is 29.3 Å². The Labute approximate surface area is 136 Å². The van der Waals surface area contributed by atoms with Crippen molar-refractivity contribution in [2.24, 2.45) is 4.99 Å². The number of rotatable bonds is 8. The molecule has 124 valence electrons. The van der Waals surface area contributed by atoms with Crippen molar-refractivity contribution >= 4 is 5.96 Å². The van der Waals surface area contributed by atoms with E-state index in [1.165, 1.54) is 11.1 Å². The summed E-state index contributed by atoms with van der Waals surface area (Å²) in [4.78, 5) is 6.70. The molecular weight excluding hydrogens is 272 g/mol. The zero-order valence-electron chi connectivity index (χ0n) is 14.8. The second-order valence-electron chi connectivity index (χ2n) is 5.66. The van der Waals surface area contributed by atoms with Gasteiger partial charge in [0.2, 0.25) is 0 Å². The number of hydrogen-bond donors (Lipinski definition) is 2. The molecule has 0 saturated heterocycles. The lowest BCUT2D eigenvalue weighted by Gasteiger charge is -2.19. The van der Waals surface area contributed by atoms with Crippen LogP contribution < -0.4 is 10.6 Å². The van der Waals surface area contributed by atoms with Gasteiger partial charge < -0.3 is 10.6 Å². The predicted octanol–water partition coefficient (Wildman–Crippen LogP) is 2.99. The molecule has 1 rings (SSSR count). The average Bonchev–Trinajstić information content (AvgIpc) is 2.56. The molecule has 0 aromatic heterocycles. The first kappa shape index (κ1) is 18.5. The number of guanidine groups is 1. The second-order valence-corrected chi connectivity index (χ2v) is 5.66. The highest BCUT2D eigenvalue weighted by Gasteiger charge is 2.04. The van der Waals surface area contributed by atoms with Gasteiger partial charge in [-0.3, -0.25) is 9.89 Å². The van der Waals surface area contributed by atoms with Gasteiger partial charge >= 0.3 is 0 Å². The van der Waals surface area contributed by atoms with Crippen LogP contribution in [0.3, 0.4) is 0 Å². The molecule has 1 aromatic carbocycles. The molecule has 0 heterocycles. The van der Waals surface area contributed by atoms with Crippen molar-refractivity contribution in [1.82, 2.24) is 15.5 Å². The van der Waals surface area contributed by atoms with Crippen molar-refractivity contribution in [2.75, 3.05) is 20.1 Å². The van der Waals surface area contributed by atoms with Gasteiger partial charge in [-0.1, -0.05) is 45.0 Å². The van der Waals surface area contributed by atoms with Gasteiger partial charge in [-0.25, -0.2) is 0 Å². The molecule has 0 aliphatic heterocycles. The van der Waals surface area contributed by atoms with Gasteiger partial charge in [-0.15, -0.1) is 0 Å². The van der Waals surface area contributed by atoms with E-state index in [1.807, 2.05) is 7.05 Å². The maximum absolute atomic E-state index is 4.27. The summed E-state index contributed by atoms with van der Waals surface area (Å²) < 4.78 is 0. The minimum absolute atomic E-state index is 0.431.